The van der Waals surface area contributed by atoms with Crippen molar-refractivity contribution in [2.75, 3.05) is 32.9 Å². The molecule has 0 radical (unpaired) electrons. The molecule has 4 rings (SSSR count). The van der Waals surface area contributed by atoms with Gasteiger partial charge in [-0.25, -0.2) is 4.79 Å². The summed E-state index contributed by atoms with van der Waals surface area (Å²) in [6.07, 6.45) is 2.36. The Morgan fingerprint density at radius 3 is 2.04 bits per heavy atom. The molecule has 1 aromatic heterocycles. The Labute approximate surface area is 290 Å². The highest BCUT2D eigenvalue weighted by Crippen LogP contribution is 2.28. The molecule has 49 heavy (non-hydrogen) atoms. The number of fused-ring (bicyclic) bond motifs is 1. The Morgan fingerprint density at radius 1 is 0.878 bits per heavy atom. The molecule has 2 aromatic rings. The lowest BCUT2D eigenvalue weighted by molar-refractivity contribution is -0.150. The minimum absolute atomic E-state index is 0.0571. The number of Topliss-reactive ketones (excluding diaryl/α,β-unsaturated/α-hetero) is 1. The molecule has 0 spiro atoms. The monoisotopic (exact) mass is 685 g/mol. The third kappa shape index (κ3) is 12.5. The van der Waals surface area contributed by atoms with Gasteiger partial charge in [0, 0.05) is 38.4 Å². The molecule has 272 valence electrons. The van der Waals surface area contributed by atoms with E-state index in [-0.39, 0.29) is 48.0 Å². The predicted molar refractivity (Wildman–Crippen MR) is 182 cm³/mol. The second-order valence-electron chi connectivity index (χ2n) is 14.1. The molecule has 13 heteroatoms. The Hall–Kier alpha value is -3.84. The van der Waals surface area contributed by atoms with Crippen LogP contribution in [0.1, 0.15) is 97.3 Å². The molecule has 1 aromatic carbocycles. The SMILES string of the molecule is CCOC(=O)C1CCN(C(=O)OC(C)(C)C)CC1.CCOC(=O)C1CCn2c(nnc2[C@@H](COCc2ccccc2)CC(=O)C(C)(C)N)C1. The lowest BCUT2D eigenvalue weighted by Gasteiger charge is -2.32. The maximum atomic E-state index is 12.7. The molecule has 2 aliphatic heterocycles. The van der Waals surface area contributed by atoms with Crippen LogP contribution in [0.2, 0.25) is 0 Å². The molecule has 1 amide bonds. The van der Waals surface area contributed by atoms with Crippen molar-refractivity contribution in [3.63, 3.8) is 0 Å². The fourth-order valence-electron chi connectivity index (χ4n) is 5.60. The number of amides is 1. The smallest absolute Gasteiger partial charge is 0.410 e. The van der Waals surface area contributed by atoms with Gasteiger partial charge in [0.05, 0.1) is 43.8 Å². The molecule has 2 N–H and O–H groups in total. The van der Waals surface area contributed by atoms with E-state index in [1.807, 2.05) is 55.7 Å². The largest absolute Gasteiger partial charge is 0.466 e. The summed E-state index contributed by atoms with van der Waals surface area (Å²) in [4.78, 5) is 49.8. The highest BCUT2D eigenvalue weighted by atomic mass is 16.6. The van der Waals surface area contributed by atoms with E-state index in [0.717, 1.165) is 11.4 Å². The van der Waals surface area contributed by atoms with Gasteiger partial charge < -0.3 is 34.1 Å². The van der Waals surface area contributed by atoms with Crippen LogP contribution in [0.15, 0.2) is 30.3 Å². The average Bonchev–Trinajstić information content (AvgIpc) is 3.47. The van der Waals surface area contributed by atoms with E-state index in [0.29, 0.717) is 77.6 Å². The van der Waals surface area contributed by atoms with Gasteiger partial charge in [-0.3, -0.25) is 14.4 Å². The maximum Gasteiger partial charge on any atom is 0.410 e. The quantitative estimate of drug-likeness (QED) is 0.245. The fourth-order valence-corrected chi connectivity index (χ4v) is 5.60. The van der Waals surface area contributed by atoms with Crippen LogP contribution in [0.5, 0.6) is 0 Å². The van der Waals surface area contributed by atoms with Gasteiger partial charge in [-0.2, -0.15) is 0 Å². The molecule has 2 atom stereocenters. The third-order valence-corrected chi connectivity index (χ3v) is 8.32. The molecular formula is C36H55N5O8. The van der Waals surface area contributed by atoms with Crippen molar-refractivity contribution in [3.8, 4) is 0 Å². The normalized spacial score (nSPS) is 17.2. The molecule has 0 bridgehead atoms. The molecule has 1 fully saturated rings. The number of rotatable bonds is 12. The lowest BCUT2D eigenvalue weighted by atomic mass is 9.91. The van der Waals surface area contributed by atoms with Crippen molar-refractivity contribution in [3.05, 3.63) is 47.5 Å². The second-order valence-corrected chi connectivity index (χ2v) is 14.1. The third-order valence-electron chi connectivity index (χ3n) is 8.32. The zero-order chi connectivity index (χ0) is 36.2. The standard InChI is InChI=1S/C23H32N4O4.C13H23NO4/c1-4-31-22(29)17-10-11-27-20(13-17)25-26-21(27)18(12-19(28)23(2,3)24)15-30-14-16-8-6-5-7-9-16;1-5-17-11(15)10-6-8-14(9-7-10)12(16)18-13(2,3)4/h5-9,17-18H,4,10-15,24H2,1-3H3;10H,5-9H2,1-4H3/t17?,18-;/m1./s1. The first-order valence-electron chi connectivity index (χ1n) is 17.3. The second kappa shape index (κ2) is 18.2. The molecular weight excluding hydrogens is 630 g/mol. The van der Waals surface area contributed by atoms with E-state index in [4.69, 9.17) is 24.7 Å². The van der Waals surface area contributed by atoms with Gasteiger partial charge in [-0.15, -0.1) is 10.2 Å². The summed E-state index contributed by atoms with van der Waals surface area (Å²) in [5.74, 6) is 0.501. The molecule has 2 aliphatic rings. The number of benzene rings is 1. The summed E-state index contributed by atoms with van der Waals surface area (Å²) in [5.41, 5.74) is 5.69. The molecule has 3 heterocycles. The number of hydrogen-bond acceptors (Lipinski definition) is 11. The van der Waals surface area contributed by atoms with Gasteiger partial charge in [-0.05, 0) is 73.3 Å². The van der Waals surface area contributed by atoms with Crippen LogP contribution in [-0.4, -0.2) is 87.5 Å². The zero-order valence-electron chi connectivity index (χ0n) is 30.2. The topological polar surface area (TPSA) is 165 Å². The first-order valence-corrected chi connectivity index (χ1v) is 17.3. The fraction of sp³-hybridized carbons (Fsp3) is 0.667. The van der Waals surface area contributed by atoms with Crippen LogP contribution in [0.3, 0.4) is 0 Å². The van der Waals surface area contributed by atoms with E-state index in [1.165, 1.54) is 0 Å². The number of likely N-dealkylation sites (tertiary alicyclic amines) is 1. The predicted octanol–water partition coefficient (Wildman–Crippen LogP) is 4.60. The van der Waals surface area contributed by atoms with Crippen LogP contribution in [-0.2, 0) is 52.9 Å². The highest BCUT2D eigenvalue weighted by Gasteiger charge is 2.34. The number of esters is 2. The van der Waals surface area contributed by atoms with E-state index >= 15 is 0 Å². The maximum absolute atomic E-state index is 12.7. The van der Waals surface area contributed by atoms with Crippen LogP contribution in [0, 0.1) is 11.8 Å². The summed E-state index contributed by atoms with van der Waals surface area (Å²) in [5, 5.41) is 8.70. The van der Waals surface area contributed by atoms with Crippen LogP contribution in [0.4, 0.5) is 4.79 Å². The Morgan fingerprint density at radius 2 is 1.47 bits per heavy atom. The highest BCUT2D eigenvalue weighted by molar-refractivity contribution is 5.87. The number of carbonyl (C=O) groups is 4. The Bertz CT molecular complexity index is 1370. The van der Waals surface area contributed by atoms with Crippen LogP contribution >= 0.6 is 0 Å². The molecule has 0 aliphatic carbocycles. The number of ketones is 1. The van der Waals surface area contributed by atoms with Crippen molar-refractivity contribution < 1.29 is 38.1 Å². The van der Waals surface area contributed by atoms with E-state index in [9.17, 15) is 19.2 Å². The minimum Gasteiger partial charge on any atom is -0.466 e. The Kier molecular flexibility index (Phi) is 14.7. The summed E-state index contributed by atoms with van der Waals surface area (Å²) < 4.78 is 23.4. The van der Waals surface area contributed by atoms with Gasteiger partial charge >= 0.3 is 18.0 Å². The number of hydrogen-bond donors (Lipinski definition) is 1. The van der Waals surface area contributed by atoms with Crippen molar-refractivity contribution >= 4 is 23.8 Å². The number of ether oxygens (including phenoxy) is 4. The van der Waals surface area contributed by atoms with E-state index in [1.54, 1.807) is 32.6 Å². The number of nitrogens with two attached hydrogens (primary N) is 1. The molecule has 1 saturated heterocycles. The number of piperidine rings is 1. The number of carbonyl (C=O) groups excluding carboxylic acids is 4. The first kappa shape index (κ1) is 39.6. The molecule has 13 nitrogen and oxygen atoms in total. The van der Waals surface area contributed by atoms with Gasteiger partial charge in [-0.1, -0.05) is 30.3 Å². The van der Waals surface area contributed by atoms with Gasteiger partial charge in [0.2, 0.25) is 0 Å². The van der Waals surface area contributed by atoms with Crippen molar-refractivity contribution in [1.29, 1.82) is 0 Å². The minimum atomic E-state index is -0.933. The van der Waals surface area contributed by atoms with E-state index in [2.05, 4.69) is 10.2 Å². The van der Waals surface area contributed by atoms with Gasteiger partial charge in [0.25, 0.3) is 0 Å². The van der Waals surface area contributed by atoms with E-state index < -0.39 is 11.1 Å². The summed E-state index contributed by atoms with van der Waals surface area (Å²) in [7, 11) is 0. The lowest BCUT2D eigenvalue weighted by Crippen LogP contribution is -2.43. The summed E-state index contributed by atoms with van der Waals surface area (Å²) in [6.45, 7) is 15.8. The van der Waals surface area contributed by atoms with Crippen molar-refractivity contribution in [1.82, 2.24) is 19.7 Å². The molecule has 1 unspecified atom stereocenters. The summed E-state index contributed by atoms with van der Waals surface area (Å²) >= 11 is 0. The van der Waals surface area contributed by atoms with Gasteiger partial charge in [0.15, 0.2) is 5.78 Å². The number of nitrogens with zero attached hydrogens (tertiary/aromatic N) is 4. The van der Waals surface area contributed by atoms with Crippen molar-refractivity contribution in [2.45, 2.75) is 111 Å². The van der Waals surface area contributed by atoms with Crippen molar-refractivity contribution in [2.24, 2.45) is 17.6 Å². The van der Waals surface area contributed by atoms with Crippen LogP contribution in [0.25, 0.3) is 0 Å². The molecule has 0 saturated carbocycles. The zero-order valence-corrected chi connectivity index (χ0v) is 30.2. The van der Waals surface area contributed by atoms with Crippen LogP contribution < -0.4 is 5.73 Å². The van der Waals surface area contributed by atoms with Gasteiger partial charge in [0.1, 0.15) is 17.2 Å². The number of aromatic nitrogens is 3. The first-order chi connectivity index (χ1) is 23.1. The Balaban J connectivity index is 0.000000308. The summed E-state index contributed by atoms with van der Waals surface area (Å²) in [6, 6.07) is 9.88. The average molecular weight is 686 g/mol.